The monoisotopic (exact) mass is 232 g/mol. The number of thiophene rings is 1. The molecule has 0 saturated carbocycles. The molecule has 2 aromatic heterocycles. The van der Waals surface area contributed by atoms with Crippen LogP contribution in [0.1, 0.15) is 33.8 Å². The van der Waals surface area contributed by atoms with Gasteiger partial charge in [0.2, 0.25) is 0 Å². The van der Waals surface area contributed by atoms with Gasteiger partial charge in [-0.25, -0.2) is 0 Å². The van der Waals surface area contributed by atoms with E-state index < -0.39 is 0 Å². The minimum absolute atomic E-state index is 0.0426. The maximum Gasteiger partial charge on any atom is 0.0663 e. The SMILES string of the molecule is CCc1ccc(C(N)c2cnccc2C)s1. The van der Waals surface area contributed by atoms with Gasteiger partial charge in [-0.05, 0) is 42.7 Å². The van der Waals surface area contributed by atoms with Crippen molar-refractivity contribution in [3.8, 4) is 0 Å². The second-order valence-electron chi connectivity index (χ2n) is 3.87. The largest absolute Gasteiger partial charge is 0.320 e. The predicted molar refractivity (Wildman–Crippen MR) is 68.7 cm³/mol. The van der Waals surface area contributed by atoms with Crippen molar-refractivity contribution >= 4 is 11.3 Å². The van der Waals surface area contributed by atoms with Gasteiger partial charge in [0.05, 0.1) is 6.04 Å². The molecular formula is C13H16N2S. The molecule has 0 aromatic carbocycles. The van der Waals surface area contributed by atoms with E-state index in [2.05, 4.69) is 31.0 Å². The summed E-state index contributed by atoms with van der Waals surface area (Å²) < 4.78 is 0. The van der Waals surface area contributed by atoms with Crippen LogP contribution in [0.4, 0.5) is 0 Å². The van der Waals surface area contributed by atoms with Crippen molar-refractivity contribution in [2.45, 2.75) is 26.3 Å². The number of hydrogen-bond acceptors (Lipinski definition) is 3. The number of pyridine rings is 1. The topological polar surface area (TPSA) is 38.9 Å². The Kier molecular flexibility index (Phi) is 3.36. The lowest BCUT2D eigenvalue weighted by molar-refractivity contribution is 0.872. The van der Waals surface area contributed by atoms with E-state index in [9.17, 15) is 0 Å². The minimum atomic E-state index is -0.0426. The van der Waals surface area contributed by atoms with Gasteiger partial charge in [-0.15, -0.1) is 11.3 Å². The highest BCUT2D eigenvalue weighted by Gasteiger charge is 2.13. The second kappa shape index (κ2) is 4.76. The van der Waals surface area contributed by atoms with Crippen LogP contribution in [0.15, 0.2) is 30.6 Å². The van der Waals surface area contributed by atoms with Crippen LogP contribution < -0.4 is 5.73 Å². The number of nitrogens with two attached hydrogens (primary N) is 1. The van der Waals surface area contributed by atoms with Crippen LogP contribution in [0, 0.1) is 6.92 Å². The van der Waals surface area contributed by atoms with E-state index in [-0.39, 0.29) is 6.04 Å². The van der Waals surface area contributed by atoms with Gasteiger partial charge >= 0.3 is 0 Å². The first-order valence-electron chi connectivity index (χ1n) is 5.47. The number of rotatable bonds is 3. The van der Waals surface area contributed by atoms with E-state index in [4.69, 9.17) is 5.73 Å². The third-order valence-electron chi connectivity index (χ3n) is 2.75. The van der Waals surface area contributed by atoms with Gasteiger partial charge < -0.3 is 5.73 Å². The normalized spacial score (nSPS) is 12.7. The van der Waals surface area contributed by atoms with Crippen molar-refractivity contribution in [3.05, 3.63) is 51.5 Å². The molecule has 0 radical (unpaired) electrons. The van der Waals surface area contributed by atoms with Crippen molar-refractivity contribution in [1.29, 1.82) is 0 Å². The molecule has 0 amide bonds. The molecule has 0 aliphatic heterocycles. The van der Waals surface area contributed by atoms with E-state index in [1.165, 1.54) is 15.3 Å². The number of nitrogens with zero attached hydrogens (tertiary/aromatic N) is 1. The van der Waals surface area contributed by atoms with E-state index in [0.717, 1.165) is 12.0 Å². The summed E-state index contributed by atoms with van der Waals surface area (Å²) in [6, 6.07) is 6.24. The zero-order chi connectivity index (χ0) is 11.5. The second-order valence-corrected chi connectivity index (χ2v) is 5.07. The van der Waals surface area contributed by atoms with E-state index in [1.807, 2.05) is 12.3 Å². The molecule has 0 spiro atoms. The summed E-state index contributed by atoms with van der Waals surface area (Å²) in [4.78, 5) is 6.74. The van der Waals surface area contributed by atoms with Crippen LogP contribution in [0.25, 0.3) is 0 Å². The Morgan fingerprint density at radius 3 is 2.81 bits per heavy atom. The zero-order valence-corrected chi connectivity index (χ0v) is 10.4. The highest BCUT2D eigenvalue weighted by Crippen LogP contribution is 2.28. The highest BCUT2D eigenvalue weighted by atomic mass is 32.1. The van der Waals surface area contributed by atoms with Crippen molar-refractivity contribution < 1.29 is 0 Å². The molecule has 2 aromatic rings. The molecule has 2 nitrogen and oxygen atoms in total. The summed E-state index contributed by atoms with van der Waals surface area (Å²) in [6.07, 6.45) is 4.74. The Labute approximate surface area is 100 Å². The van der Waals surface area contributed by atoms with E-state index in [1.54, 1.807) is 17.5 Å². The van der Waals surface area contributed by atoms with Crippen molar-refractivity contribution in [2.75, 3.05) is 0 Å². The average molecular weight is 232 g/mol. The summed E-state index contributed by atoms with van der Waals surface area (Å²) >= 11 is 1.79. The summed E-state index contributed by atoms with van der Waals surface area (Å²) in [6.45, 7) is 4.24. The Hall–Kier alpha value is -1.19. The molecule has 0 fully saturated rings. The number of aryl methyl sites for hydroxylation is 2. The Bertz CT molecular complexity index is 476. The molecule has 2 rings (SSSR count). The smallest absolute Gasteiger partial charge is 0.0663 e. The molecule has 2 N–H and O–H groups in total. The maximum atomic E-state index is 6.26. The van der Waals surface area contributed by atoms with Gasteiger partial charge in [0, 0.05) is 22.1 Å². The van der Waals surface area contributed by atoms with Gasteiger partial charge in [0.15, 0.2) is 0 Å². The van der Waals surface area contributed by atoms with Crippen molar-refractivity contribution in [1.82, 2.24) is 4.98 Å². The molecule has 1 unspecified atom stereocenters. The number of aromatic nitrogens is 1. The minimum Gasteiger partial charge on any atom is -0.320 e. The quantitative estimate of drug-likeness (QED) is 0.883. The molecule has 0 saturated heterocycles. The van der Waals surface area contributed by atoms with E-state index >= 15 is 0 Å². The summed E-state index contributed by atoms with van der Waals surface area (Å²) in [5, 5.41) is 0. The Morgan fingerprint density at radius 2 is 2.19 bits per heavy atom. The highest BCUT2D eigenvalue weighted by molar-refractivity contribution is 7.12. The van der Waals surface area contributed by atoms with Crippen molar-refractivity contribution in [2.24, 2.45) is 5.73 Å². The standard InChI is InChI=1S/C13H16N2S/c1-3-10-4-5-12(16-10)13(14)11-8-15-7-6-9(11)2/h4-8,13H,3,14H2,1-2H3. The van der Waals surface area contributed by atoms with E-state index in [0.29, 0.717) is 0 Å². The van der Waals surface area contributed by atoms with Crippen LogP contribution in [-0.2, 0) is 6.42 Å². The third kappa shape index (κ3) is 2.15. The van der Waals surface area contributed by atoms with Gasteiger partial charge in [0.25, 0.3) is 0 Å². The average Bonchev–Trinajstić information content (AvgIpc) is 2.77. The van der Waals surface area contributed by atoms with Gasteiger partial charge in [-0.2, -0.15) is 0 Å². The first kappa shape index (κ1) is 11.3. The summed E-state index contributed by atoms with van der Waals surface area (Å²) in [5.74, 6) is 0. The van der Waals surface area contributed by atoms with Crippen LogP contribution in [-0.4, -0.2) is 4.98 Å². The molecular weight excluding hydrogens is 216 g/mol. The van der Waals surface area contributed by atoms with Gasteiger partial charge in [-0.3, -0.25) is 4.98 Å². The van der Waals surface area contributed by atoms with Crippen LogP contribution in [0.3, 0.4) is 0 Å². The lowest BCUT2D eigenvalue weighted by Crippen LogP contribution is -2.11. The first-order valence-corrected chi connectivity index (χ1v) is 6.28. The van der Waals surface area contributed by atoms with Gasteiger partial charge in [0.1, 0.15) is 0 Å². The Morgan fingerprint density at radius 1 is 1.38 bits per heavy atom. The van der Waals surface area contributed by atoms with Gasteiger partial charge in [-0.1, -0.05) is 6.92 Å². The number of hydrogen-bond donors (Lipinski definition) is 1. The van der Waals surface area contributed by atoms with Crippen LogP contribution in [0.5, 0.6) is 0 Å². The molecule has 84 valence electrons. The summed E-state index contributed by atoms with van der Waals surface area (Å²) in [7, 11) is 0. The maximum absolute atomic E-state index is 6.26. The molecule has 0 aliphatic rings. The fraction of sp³-hybridized carbons (Fsp3) is 0.308. The molecule has 2 heterocycles. The Balaban J connectivity index is 2.31. The van der Waals surface area contributed by atoms with Crippen molar-refractivity contribution in [3.63, 3.8) is 0 Å². The molecule has 3 heteroatoms. The molecule has 16 heavy (non-hydrogen) atoms. The fourth-order valence-electron chi connectivity index (χ4n) is 1.71. The third-order valence-corrected chi connectivity index (χ3v) is 4.06. The molecule has 0 bridgehead atoms. The summed E-state index contributed by atoms with van der Waals surface area (Å²) in [5.41, 5.74) is 8.58. The zero-order valence-electron chi connectivity index (χ0n) is 9.60. The lowest BCUT2D eigenvalue weighted by Gasteiger charge is -2.12. The first-order chi connectivity index (χ1) is 7.72. The lowest BCUT2D eigenvalue weighted by atomic mass is 10.0. The van der Waals surface area contributed by atoms with Crippen LogP contribution >= 0.6 is 11.3 Å². The molecule has 0 aliphatic carbocycles. The molecule has 1 atom stereocenters. The van der Waals surface area contributed by atoms with Crippen LogP contribution in [0.2, 0.25) is 0 Å². The predicted octanol–water partition coefficient (Wildman–Crippen LogP) is 3.06. The fourth-order valence-corrected chi connectivity index (χ4v) is 2.68.